The molecule has 0 atom stereocenters. The van der Waals surface area contributed by atoms with Crippen molar-refractivity contribution in [2.75, 3.05) is 6.61 Å². The van der Waals surface area contributed by atoms with Crippen LogP contribution in [0.2, 0.25) is 0 Å². The molecule has 0 saturated heterocycles. The summed E-state index contributed by atoms with van der Waals surface area (Å²) in [6, 6.07) is 0. The van der Waals surface area contributed by atoms with Crippen LogP contribution in [0.25, 0.3) is 0 Å². The van der Waals surface area contributed by atoms with Crippen LogP contribution in [0.4, 0.5) is 4.39 Å². The Labute approximate surface area is 53.3 Å². The van der Waals surface area contributed by atoms with Crippen LogP contribution >= 0.6 is 0 Å². The van der Waals surface area contributed by atoms with Crippen molar-refractivity contribution >= 4 is 5.97 Å². The Morgan fingerprint density at radius 1 is 1.78 bits per heavy atom. The number of hydrogen-bond acceptors (Lipinski definition) is 2. The van der Waals surface area contributed by atoms with E-state index in [-0.39, 0.29) is 6.61 Å². The maximum Gasteiger partial charge on any atom is 0.366 e. The minimum atomic E-state index is -0.889. The minimum absolute atomic E-state index is 0.208. The number of ether oxygens (including phenoxy) is 1. The molecule has 0 amide bonds. The van der Waals surface area contributed by atoms with Crippen LogP contribution in [0.15, 0.2) is 11.9 Å². The number of rotatable bonds is 2. The second-order valence-corrected chi connectivity index (χ2v) is 1.36. The number of carbonyl (C=O) groups is 1. The summed E-state index contributed by atoms with van der Waals surface area (Å²) in [6.45, 7) is 3.27. The zero-order valence-electron chi connectivity index (χ0n) is 5.48. The van der Waals surface area contributed by atoms with Gasteiger partial charge >= 0.3 is 5.97 Å². The second-order valence-electron chi connectivity index (χ2n) is 1.36. The number of allylic oxidation sites excluding steroid dienone is 1. The van der Waals surface area contributed by atoms with Crippen LogP contribution < -0.4 is 0 Å². The fourth-order valence-corrected chi connectivity index (χ4v) is 0.318. The highest BCUT2D eigenvalue weighted by atomic mass is 19.1. The molecule has 0 radical (unpaired) electrons. The van der Waals surface area contributed by atoms with Gasteiger partial charge in [0.25, 0.3) is 0 Å². The molecule has 0 N–H and O–H groups in total. The zero-order valence-corrected chi connectivity index (χ0v) is 5.48. The topological polar surface area (TPSA) is 26.3 Å². The summed E-state index contributed by atoms with van der Waals surface area (Å²) >= 11 is 0. The molecule has 0 heterocycles. The smallest absolute Gasteiger partial charge is 0.366 e. The van der Waals surface area contributed by atoms with Gasteiger partial charge < -0.3 is 4.74 Å². The van der Waals surface area contributed by atoms with Gasteiger partial charge in [-0.3, -0.25) is 0 Å². The number of hydrogen-bond donors (Lipinski definition) is 0. The molecule has 0 fully saturated rings. The first-order valence-electron chi connectivity index (χ1n) is 2.71. The van der Waals surface area contributed by atoms with Crippen LogP contribution in [0, 0.1) is 0 Å². The van der Waals surface area contributed by atoms with Crippen molar-refractivity contribution in [3.63, 3.8) is 0 Å². The molecular formula is C6H9FO2. The largest absolute Gasteiger partial charge is 0.461 e. The first kappa shape index (κ1) is 8.14. The summed E-state index contributed by atoms with van der Waals surface area (Å²) in [5.41, 5.74) is 0. The van der Waals surface area contributed by atoms with Crippen LogP contribution in [0.5, 0.6) is 0 Å². The van der Waals surface area contributed by atoms with Crippen molar-refractivity contribution in [3.05, 3.63) is 11.9 Å². The molecule has 0 aliphatic rings. The van der Waals surface area contributed by atoms with E-state index in [1.165, 1.54) is 6.92 Å². The van der Waals surface area contributed by atoms with E-state index in [4.69, 9.17) is 0 Å². The Hall–Kier alpha value is -0.860. The van der Waals surface area contributed by atoms with Gasteiger partial charge in [-0.25, -0.2) is 4.79 Å². The third kappa shape index (κ3) is 2.85. The molecular weight excluding hydrogens is 123 g/mol. The molecule has 0 saturated carbocycles. The highest BCUT2D eigenvalue weighted by Gasteiger charge is 2.05. The van der Waals surface area contributed by atoms with Gasteiger partial charge in [-0.05, 0) is 19.9 Å². The Bertz CT molecular complexity index is 129. The van der Waals surface area contributed by atoms with Crippen molar-refractivity contribution in [3.8, 4) is 0 Å². The maximum atomic E-state index is 12.1. The van der Waals surface area contributed by atoms with Gasteiger partial charge in [-0.1, -0.05) is 0 Å². The summed E-state index contributed by atoms with van der Waals surface area (Å²) < 4.78 is 16.4. The maximum absolute atomic E-state index is 12.1. The fraction of sp³-hybridized carbons (Fsp3) is 0.500. The van der Waals surface area contributed by atoms with Gasteiger partial charge in [0, 0.05) is 0 Å². The Morgan fingerprint density at radius 2 is 2.33 bits per heavy atom. The molecule has 0 rings (SSSR count). The average molecular weight is 132 g/mol. The van der Waals surface area contributed by atoms with E-state index in [9.17, 15) is 9.18 Å². The Kier molecular flexibility index (Phi) is 3.67. The third-order valence-corrected chi connectivity index (χ3v) is 0.724. The van der Waals surface area contributed by atoms with E-state index in [2.05, 4.69) is 4.74 Å². The Balaban J connectivity index is 3.74. The van der Waals surface area contributed by atoms with E-state index >= 15 is 0 Å². The fourth-order valence-electron chi connectivity index (χ4n) is 0.318. The summed E-state index contributed by atoms with van der Waals surface area (Å²) in [7, 11) is 0. The quantitative estimate of drug-likeness (QED) is 0.419. The number of carbonyl (C=O) groups excluding carboxylic acids is 1. The van der Waals surface area contributed by atoms with Crippen LogP contribution in [0.1, 0.15) is 13.8 Å². The third-order valence-electron chi connectivity index (χ3n) is 0.724. The van der Waals surface area contributed by atoms with Gasteiger partial charge in [0.15, 0.2) is 0 Å². The minimum Gasteiger partial charge on any atom is -0.461 e. The van der Waals surface area contributed by atoms with Crippen molar-refractivity contribution < 1.29 is 13.9 Å². The van der Waals surface area contributed by atoms with Gasteiger partial charge in [-0.15, -0.1) is 0 Å². The zero-order chi connectivity index (χ0) is 7.28. The molecule has 0 aliphatic carbocycles. The first-order chi connectivity index (χ1) is 4.22. The molecule has 52 valence electrons. The summed E-state index contributed by atoms with van der Waals surface area (Å²) in [5, 5.41) is 0. The van der Waals surface area contributed by atoms with Gasteiger partial charge in [-0.2, -0.15) is 4.39 Å². The predicted octanol–water partition coefficient (Wildman–Crippen LogP) is 1.42. The van der Waals surface area contributed by atoms with Crippen molar-refractivity contribution in [1.82, 2.24) is 0 Å². The van der Waals surface area contributed by atoms with Crippen molar-refractivity contribution in [2.24, 2.45) is 0 Å². The molecule has 0 unspecified atom stereocenters. The first-order valence-corrected chi connectivity index (χ1v) is 2.71. The highest BCUT2D eigenvalue weighted by Crippen LogP contribution is 1.97. The molecule has 2 nitrogen and oxygen atoms in total. The lowest BCUT2D eigenvalue weighted by Crippen LogP contribution is -2.03. The molecule has 3 heteroatoms. The van der Waals surface area contributed by atoms with Crippen molar-refractivity contribution in [2.45, 2.75) is 13.8 Å². The van der Waals surface area contributed by atoms with E-state index in [0.29, 0.717) is 0 Å². The van der Waals surface area contributed by atoms with E-state index in [1.807, 2.05) is 0 Å². The normalized spacial score (nSPS) is 11.2. The second kappa shape index (κ2) is 4.06. The lowest BCUT2D eigenvalue weighted by Gasteiger charge is -1.95. The highest BCUT2D eigenvalue weighted by molar-refractivity contribution is 5.85. The SMILES string of the molecule is CC=C(F)C(=O)OCC. The van der Waals surface area contributed by atoms with Crippen molar-refractivity contribution in [1.29, 1.82) is 0 Å². The van der Waals surface area contributed by atoms with E-state index < -0.39 is 11.8 Å². The molecule has 0 aromatic carbocycles. The standard InChI is InChI=1S/C6H9FO2/c1-3-5(7)6(8)9-4-2/h3H,4H2,1-2H3. The lowest BCUT2D eigenvalue weighted by molar-refractivity contribution is -0.140. The summed E-state index contributed by atoms with van der Waals surface area (Å²) in [4.78, 5) is 10.3. The summed E-state index contributed by atoms with van der Waals surface area (Å²) in [5.74, 6) is -1.73. The van der Waals surface area contributed by atoms with Gasteiger partial charge in [0.2, 0.25) is 5.83 Å². The molecule has 0 spiro atoms. The average Bonchev–Trinajstić information content (AvgIpc) is 1.87. The number of esters is 1. The predicted molar refractivity (Wildman–Crippen MR) is 31.5 cm³/mol. The lowest BCUT2D eigenvalue weighted by atomic mass is 10.5. The number of halogens is 1. The summed E-state index contributed by atoms with van der Waals surface area (Å²) in [6.07, 6.45) is 1.07. The molecule has 0 aromatic heterocycles. The van der Waals surface area contributed by atoms with Crippen LogP contribution in [-0.2, 0) is 9.53 Å². The van der Waals surface area contributed by atoms with Gasteiger partial charge in [0.05, 0.1) is 6.61 Å². The molecule has 0 aliphatic heterocycles. The van der Waals surface area contributed by atoms with Crippen LogP contribution in [-0.4, -0.2) is 12.6 Å². The van der Waals surface area contributed by atoms with E-state index in [0.717, 1.165) is 6.08 Å². The van der Waals surface area contributed by atoms with Crippen LogP contribution in [0.3, 0.4) is 0 Å². The Morgan fingerprint density at radius 3 is 2.67 bits per heavy atom. The van der Waals surface area contributed by atoms with E-state index in [1.54, 1.807) is 6.92 Å². The molecule has 0 bridgehead atoms. The van der Waals surface area contributed by atoms with Gasteiger partial charge in [0.1, 0.15) is 0 Å². The molecule has 9 heavy (non-hydrogen) atoms. The molecule has 0 aromatic rings. The monoisotopic (exact) mass is 132 g/mol.